The summed E-state index contributed by atoms with van der Waals surface area (Å²) in [6, 6.07) is 3.49. The molecule has 94 valence electrons. The van der Waals surface area contributed by atoms with E-state index in [0.717, 1.165) is 12.1 Å². The van der Waals surface area contributed by atoms with E-state index in [4.69, 9.17) is 5.73 Å². The minimum absolute atomic E-state index is 0.278. The Labute approximate surface area is 99.4 Å². The van der Waals surface area contributed by atoms with Gasteiger partial charge in [0.15, 0.2) is 0 Å². The van der Waals surface area contributed by atoms with Gasteiger partial charge in [-0.05, 0) is 49.4 Å². The van der Waals surface area contributed by atoms with E-state index in [-0.39, 0.29) is 12.6 Å². The largest absolute Gasteiger partial charge is 0.393 e. The van der Waals surface area contributed by atoms with Crippen LogP contribution in [0.15, 0.2) is 18.2 Å². The van der Waals surface area contributed by atoms with Gasteiger partial charge >= 0.3 is 0 Å². The normalized spacial score (nSPS) is 29.3. The number of aliphatic hydroxyl groups is 1. The van der Waals surface area contributed by atoms with Crippen LogP contribution >= 0.6 is 0 Å². The third-order valence-electron chi connectivity index (χ3n) is 3.80. The second-order valence-corrected chi connectivity index (χ2v) is 4.84. The summed E-state index contributed by atoms with van der Waals surface area (Å²) in [6.45, 7) is 0.278. The van der Waals surface area contributed by atoms with Gasteiger partial charge in [-0.3, -0.25) is 0 Å². The second-order valence-electron chi connectivity index (χ2n) is 4.84. The predicted molar refractivity (Wildman–Crippen MR) is 61.6 cm³/mol. The molecule has 0 atom stereocenters. The Balaban J connectivity index is 2.37. The summed E-state index contributed by atoms with van der Waals surface area (Å²) in [7, 11) is 0. The van der Waals surface area contributed by atoms with Crippen molar-refractivity contribution in [2.75, 3.05) is 6.54 Å². The summed E-state index contributed by atoms with van der Waals surface area (Å²) in [6.07, 6.45) is 2.04. The average molecular weight is 241 g/mol. The lowest BCUT2D eigenvalue weighted by Gasteiger charge is -2.38. The first-order chi connectivity index (χ1) is 8.07. The van der Waals surface area contributed by atoms with Gasteiger partial charge in [-0.25, -0.2) is 8.78 Å². The number of halogens is 2. The van der Waals surface area contributed by atoms with Gasteiger partial charge < -0.3 is 10.8 Å². The minimum atomic E-state index is -0.522. The molecule has 1 saturated carbocycles. The number of hydrogen-bond acceptors (Lipinski definition) is 2. The van der Waals surface area contributed by atoms with Crippen LogP contribution in [0.4, 0.5) is 8.78 Å². The highest BCUT2D eigenvalue weighted by Crippen LogP contribution is 2.40. The molecule has 0 amide bonds. The van der Waals surface area contributed by atoms with E-state index >= 15 is 0 Å². The van der Waals surface area contributed by atoms with E-state index < -0.39 is 17.0 Å². The number of aliphatic hydroxyl groups excluding tert-OH is 1. The van der Waals surface area contributed by atoms with Crippen molar-refractivity contribution < 1.29 is 13.9 Å². The summed E-state index contributed by atoms with van der Waals surface area (Å²) in [5.74, 6) is -0.853. The molecule has 17 heavy (non-hydrogen) atoms. The fraction of sp³-hybridized carbons (Fsp3) is 0.538. The Morgan fingerprint density at radius 2 is 1.94 bits per heavy atom. The number of hydrogen-bond donors (Lipinski definition) is 2. The molecule has 0 unspecified atom stereocenters. The van der Waals surface area contributed by atoms with Gasteiger partial charge in [-0.2, -0.15) is 0 Å². The summed E-state index contributed by atoms with van der Waals surface area (Å²) in [4.78, 5) is 0. The van der Waals surface area contributed by atoms with Gasteiger partial charge in [-0.15, -0.1) is 0 Å². The smallest absolute Gasteiger partial charge is 0.127 e. The van der Waals surface area contributed by atoms with Crippen molar-refractivity contribution in [3.8, 4) is 0 Å². The zero-order valence-electron chi connectivity index (χ0n) is 9.63. The van der Waals surface area contributed by atoms with Gasteiger partial charge in [-0.1, -0.05) is 0 Å². The molecule has 0 bridgehead atoms. The minimum Gasteiger partial charge on any atom is -0.393 e. The quantitative estimate of drug-likeness (QED) is 0.833. The number of nitrogens with two attached hydrogens (primary N) is 1. The lowest BCUT2D eigenvalue weighted by Crippen LogP contribution is -2.40. The van der Waals surface area contributed by atoms with Crippen LogP contribution in [0.2, 0.25) is 0 Å². The maximum Gasteiger partial charge on any atom is 0.127 e. The standard InChI is InChI=1S/C13H17F2NO/c14-9-1-2-12(15)11(7-9)13(8-16)5-3-10(17)4-6-13/h1-2,7,10,17H,3-6,8,16H2/t10-,13+. The first kappa shape index (κ1) is 12.5. The molecule has 1 aliphatic rings. The van der Waals surface area contributed by atoms with Crippen LogP contribution in [0, 0.1) is 11.6 Å². The maximum absolute atomic E-state index is 13.8. The highest BCUT2D eigenvalue weighted by atomic mass is 19.1. The van der Waals surface area contributed by atoms with Crippen LogP contribution in [-0.4, -0.2) is 17.8 Å². The molecule has 3 N–H and O–H groups in total. The molecule has 2 nitrogen and oxygen atoms in total. The fourth-order valence-corrected chi connectivity index (χ4v) is 2.64. The molecule has 1 aromatic carbocycles. The van der Waals surface area contributed by atoms with Gasteiger partial charge in [0.1, 0.15) is 11.6 Å². The van der Waals surface area contributed by atoms with Crippen LogP contribution in [0.3, 0.4) is 0 Å². The predicted octanol–water partition coefficient (Wildman–Crippen LogP) is 2.10. The molecular weight excluding hydrogens is 224 g/mol. The molecule has 0 radical (unpaired) electrons. The van der Waals surface area contributed by atoms with Gasteiger partial charge in [0.25, 0.3) is 0 Å². The van der Waals surface area contributed by atoms with Gasteiger partial charge in [0.05, 0.1) is 6.10 Å². The van der Waals surface area contributed by atoms with Crippen molar-refractivity contribution in [1.82, 2.24) is 0 Å². The van der Waals surface area contributed by atoms with Crippen molar-refractivity contribution in [3.63, 3.8) is 0 Å². The topological polar surface area (TPSA) is 46.2 Å². The molecule has 1 fully saturated rings. The lowest BCUT2D eigenvalue weighted by atomic mass is 9.68. The molecule has 0 spiro atoms. The molecule has 1 aliphatic carbocycles. The Morgan fingerprint density at radius 3 is 2.53 bits per heavy atom. The maximum atomic E-state index is 13.8. The summed E-state index contributed by atoms with van der Waals surface area (Å²) < 4.78 is 27.0. The highest BCUT2D eigenvalue weighted by Gasteiger charge is 2.37. The average Bonchev–Trinajstić information content (AvgIpc) is 2.34. The molecule has 0 aromatic heterocycles. The van der Waals surface area contributed by atoms with E-state index in [1.807, 2.05) is 0 Å². The molecular formula is C13H17F2NO. The summed E-state index contributed by atoms with van der Waals surface area (Å²) >= 11 is 0. The van der Waals surface area contributed by atoms with E-state index in [9.17, 15) is 13.9 Å². The van der Waals surface area contributed by atoms with Crippen LogP contribution in [0.5, 0.6) is 0 Å². The Kier molecular flexibility index (Phi) is 3.45. The van der Waals surface area contributed by atoms with Crippen molar-refractivity contribution >= 4 is 0 Å². The summed E-state index contributed by atoms with van der Waals surface area (Å²) in [5, 5.41) is 9.50. The molecule has 1 aromatic rings. The van der Waals surface area contributed by atoms with Crippen molar-refractivity contribution in [3.05, 3.63) is 35.4 Å². The summed E-state index contributed by atoms with van der Waals surface area (Å²) in [5.41, 5.74) is 5.60. The molecule has 4 heteroatoms. The first-order valence-corrected chi connectivity index (χ1v) is 5.91. The third kappa shape index (κ3) is 2.33. The fourth-order valence-electron chi connectivity index (χ4n) is 2.64. The third-order valence-corrected chi connectivity index (χ3v) is 3.80. The van der Waals surface area contributed by atoms with Crippen molar-refractivity contribution in [1.29, 1.82) is 0 Å². The number of rotatable bonds is 2. The molecule has 0 aliphatic heterocycles. The SMILES string of the molecule is NC[C@]1(c2cc(F)ccc2F)CC[C@@H](O)CC1. The Bertz CT molecular complexity index is 400. The van der Waals surface area contributed by atoms with Crippen LogP contribution in [0.1, 0.15) is 31.2 Å². The second kappa shape index (κ2) is 4.70. The van der Waals surface area contributed by atoms with E-state index in [1.165, 1.54) is 6.07 Å². The zero-order chi connectivity index (χ0) is 12.5. The first-order valence-electron chi connectivity index (χ1n) is 5.91. The lowest BCUT2D eigenvalue weighted by molar-refractivity contribution is 0.0962. The van der Waals surface area contributed by atoms with E-state index in [1.54, 1.807) is 0 Å². The Hall–Kier alpha value is -1.00. The highest BCUT2D eigenvalue weighted by molar-refractivity contribution is 5.29. The van der Waals surface area contributed by atoms with Gasteiger partial charge in [0, 0.05) is 12.0 Å². The van der Waals surface area contributed by atoms with Crippen molar-refractivity contribution in [2.45, 2.75) is 37.2 Å². The molecule has 0 heterocycles. The van der Waals surface area contributed by atoms with Crippen LogP contribution in [-0.2, 0) is 5.41 Å². The van der Waals surface area contributed by atoms with Gasteiger partial charge in [0.2, 0.25) is 0 Å². The monoisotopic (exact) mass is 241 g/mol. The van der Waals surface area contributed by atoms with Crippen molar-refractivity contribution in [2.24, 2.45) is 5.73 Å². The molecule has 2 rings (SSSR count). The van der Waals surface area contributed by atoms with Crippen LogP contribution < -0.4 is 5.73 Å². The van der Waals surface area contributed by atoms with Crippen LogP contribution in [0.25, 0.3) is 0 Å². The molecule has 0 saturated heterocycles. The Morgan fingerprint density at radius 1 is 1.29 bits per heavy atom. The number of benzene rings is 1. The zero-order valence-corrected chi connectivity index (χ0v) is 9.63. The van der Waals surface area contributed by atoms with E-state index in [0.29, 0.717) is 31.2 Å². The van der Waals surface area contributed by atoms with E-state index in [2.05, 4.69) is 0 Å².